The van der Waals surface area contributed by atoms with E-state index < -0.39 is 6.18 Å². The molecule has 0 N–H and O–H groups in total. The SMILES string of the molecule is C#CC(F)(F)F.[CaH2]. The molecule has 0 aromatic rings. The summed E-state index contributed by atoms with van der Waals surface area (Å²) in [7, 11) is 0. The number of alkyl halides is 3. The Morgan fingerprint density at radius 2 is 1.43 bits per heavy atom. The van der Waals surface area contributed by atoms with Crippen LogP contribution in [-0.2, 0) is 0 Å². The zero-order valence-electron chi connectivity index (χ0n) is 2.71. The first kappa shape index (κ1) is 10.6. The Balaban J connectivity index is 0. The van der Waals surface area contributed by atoms with E-state index in [1.807, 2.05) is 0 Å². The van der Waals surface area contributed by atoms with Gasteiger partial charge in [0.15, 0.2) is 0 Å². The Labute approximate surface area is 69.1 Å². The van der Waals surface area contributed by atoms with E-state index in [4.69, 9.17) is 0 Å². The summed E-state index contributed by atoms with van der Waals surface area (Å²) in [4.78, 5) is 0. The van der Waals surface area contributed by atoms with Gasteiger partial charge in [0, 0.05) is 5.92 Å². The van der Waals surface area contributed by atoms with Crippen LogP contribution < -0.4 is 0 Å². The zero-order chi connectivity index (χ0) is 5.21. The van der Waals surface area contributed by atoms with Crippen molar-refractivity contribution in [2.24, 2.45) is 0 Å². The molecule has 0 heterocycles. The minimum atomic E-state index is -4.43. The van der Waals surface area contributed by atoms with Crippen molar-refractivity contribution in [2.75, 3.05) is 0 Å². The van der Waals surface area contributed by atoms with Crippen molar-refractivity contribution in [3.8, 4) is 12.3 Å². The summed E-state index contributed by atoms with van der Waals surface area (Å²) in [6.45, 7) is 0. The molecule has 4 heteroatoms. The van der Waals surface area contributed by atoms with Crippen LogP contribution in [0.4, 0.5) is 13.2 Å². The van der Waals surface area contributed by atoms with E-state index in [9.17, 15) is 13.2 Å². The first-order valence-electron chi connectivity index (χ1n) is 1.11. The average Bonchev–Trinajstić information content (AvgIpc) is 1.35. The topological polar surface area (TPSA) is 0 Å². The monoisotopic (exact) mass is 136 g/mol. The second-order valence-corrected chi connectivity index (χ2v) is 0.642. The molecule has 7 heavy (non-hydrogen) atoms. The summed E-state index contributed by atoms with van der Waals surface area (Å²) in [5.74, 6) is 0.604. The first-order valence-corrected chi connectivity index (χ1v) is 1.11. The van der Waals surface area contributed by atoms with Crippen molar-refractivity contribution < 1.29 is 13.2 Å². The van der Waals surface area contributed by atoms with E-state index in [0.717, 1.165) is 0 Å². The van der Waals surface area contributed by atoms with Gasteiger partial charge in [-0.05, 0) is 0 Å². The summed E-state index contributed by atoms with van der Waals surface area (Å²) in [6, 6.07) is 0. The van der Waals surface area contributed by atoms with E-state index in [0.29, 0.717) is 5.92 Å². The molecule has 38 valence electrons. The summed E-state index contributed by atoms with van der Waals surface area (Å²) in [5.41, 5.74) is 0. The number of hydrogen-bond acceptors (Lipinski definition) is 0. The number of rotatable bonds is 0. The molecule has 0 aliphatic rings. The van der Waals surface area contributed by atoms with Crippen molar-refractivity contribution in [3.05, 3.63) is 0 Å². The predicted octanol–water partition coefficient (Wildman–Crippen LogP) is 0.266. The Morgan fingerprint density at radius 3 is 1.43 bits per heavy atom. The second kappa shape index (κ2) is 3.59. The van der Waals surface area contributed by atoms with Crippen molar-refractivity contribution in [2.45, 2.75) is 6.18 Å². The van der Waals surface area contributed by atoms with Gasteiger partial charge in [0.1, 0.15) is 0 Å². The van der Waals surface area contributed by atoms with E-state index >= 15 is 0 Å². The van der Waals surface area contributed by atoms with Crippen LogP contribution in [0.5, 0.6) is 0 Å². The summed E-state index contributed by atoms with van der Waals surface area (Å²) >= 11 is 0. The fraction of sp³-hybridized carbons (Fsp3) is 0.333. The van der Waals surface area contributed by atoms with E-state index in [2.05, 4.69) is 6.42 Å². The maximum absolute atomic E-state index is 10.5. The van der Waals surface area contributed by atoms with Gasteiger partial charge in [-0.1, -0.05) is 0 Å². The molecular weight excluding hydrogens is 133 g/mol. The molecule has 0 amide bonds. The Morgan fingerprint density at radius 1 is 1.29 bits per heavy atom. The maximum atomic E-state index is 10.5. The quantitative estimate of drug-likeness (QED) is 0.331. The van der Waals surface area contributed by atoms with Gasteiger partial charge in [-0.2, -0.15) is 13.2 Å². The molecule has 0 radical (unpaired) electrons. The van der Waals surface area contributed by atoms with Gasteiger partial charge >= 0.3 is 43.9 Å². The molecule has 0 fully saturated rings. The molecule has 0 atom stereocenters. The van der Waals surface area contributed by atoms with Gasteiger partial charge in [0.2, 0.25) is 0 Å². The van der Waals surface area contributed by atoms with Crippen LogP contribution in [0.15, 0.2) is 0 Å². The van der Waals surface area contributed by atoms with Gasteiger partial charge < -0.3 is 0 Å². The van der Waals surface area contributed by atoms with E-state index in [1.165, 1.54) is 0 Å². The summed E-state index contributed by atoms with van der Waals surface area (Å²) in [6.07, 6.45) is -0.500. The Hall–Kier alpha value is 0.610. The van der Waals surface area contributed by atoms with Crippen molar-refractivity contribution in [3.63, 3.8) is 0 Å². The van der Waals surface area contributed by atoms with Crippen LogP contribution in [0.2, 0.25) is 0 Å². The first-order chi connectivity index (χ1) is 2.56. The molecule has 0 bridgehead atoms. The van der Waals surface area contributed by atoms with Gasteiger partial charge in [0.25, 0.3) is 0 Å². The van der Waals surface area contributed by atoms with Gasteiger partial charge in [-0.25, -0.2) is 0 Å². The Kier molecular flexibility index (Phi) is 5.42. The molecule has 0 rings (SSSR count). The predicted molar refractivity (Wildman–Crippen MR) is 23.4 cm³/mol. The van der Waals surface area contributed by atoms with Crippen molar-refractivity contribution in [1.29, 1.82) is 0 Å². The summed E-state index contributed by atoms with van der Waals surface area (Å²) in [5, 5.41) is 0. The molecule has 0 aliphatic carbocycles. The molecule has 0 aromatic heterocycles. The Bertz CT molecular complexity index is 77.2. The van der Waals surface area contributed by atoms with Gasteiger partial charge in [0.05, 0.1) is 0 Å². The normalized spacial score (nSPS) is 8.86. The number of halogens is 3. The van der Waals surface area contributed by atoms with Crippen LogP contribution >= 0.6 is 0 Å². The molecule has 0 spiro atoms. The molecule has 0 saturated carbocycles. The third-order valence-corrected chi connectivity index (χ3v) is 0.164. The molecule has 0 saturated heterocycles. The fourth-order valence-corrected chi connectivity index (χ4v) is 0. The molecule has 0 aromatic carbocycles. The standard InChI is InChI=1S/C3HF3.Ca.2H/c1-2-3(4,5)6;;;/h1H;;;. The van der Waals surface area contributed by atoms with Crippen LogP contribution in [0.3, 0.4) is 0 Å². The van der Waals surface area contributed by atoms with Crippen LogP contribution in [0.25, 0.3) is 0 Å². The van der Waals surface area contributed by atoms with E-state index in [1.54, 1.807) is 0 Å². The van der Waals surface area contributed by atoms with Crippen molar-refractivity contribution in [1.82, 2.24) is 0 Å². The van der Waals surface area contributed by atoms with Crippen LogP contribution in [-0.4, -0.2) is 43.9 Å². The number of hydrogen-bond donors (Lipinski definition) is 0. The second-order valence-electron chi connectivity index (χ2n) is 0.642. The molecule has 0 aliphatic heterocycles. The number of terminal acetylenes is 1. The van der Waals surface area contributed by atoms with Crippen molar-refractivity contribution >= 4 is 37.7 Å². The van der Waals surface area contributed by atoms with Crippen LogP contribution in [0, 0.1) is 12.3 Å². The zero-order valence-corrected chi connectivity index (χ0v) is 2.71. The fourth-order valence-electron chi connectivity index (χ4n) is 0. The third kappa shape index (κ3) is 10.8. The average molecular weight is 136 g/mol. The molecule has 0 unspecified atom stereocenters. The van der Waals surface area contributed by atoms with E-state index in [-0.39, 0.29) is 37.7 Å². The van der Waals surface area contributed by atoms with Gasteiger partial charge in [-0.15, -0.1) is 6.42 Å². The third-order valence-electron chi connectivity index (χ3n) is 0.164. The van der Waals surface area contributed by atoms with Crippen LogP contribution in [0.1, 0.15) is 0 Å². The molecule has 0 nitrogen and oxygen atoms in total. The molecular formula is C3H3CaF3. The minimum absolute atomic E-state index is 0. The van der Waals surface area contributed by atoms with Gasteiger partial charge in [-0.3, -0.25) is 0 Å². The summed E-state index contributed by atoms with van der Waals surface area (Å²) < 4.78 is 31.6.